The fourth-order valence-corrected chi connectivity index (χ4v) is 4.57. The highest BCUT2D eigenvalue weighted by molar-refractivity contribution is 7.71. The molecule has 3 aromatic rings. The second-order valence-corrected chi connectivity index (χ2v) is 8.63. The molecule has 1 aliphatic rings. The molecule has 1 aromatic carbocycles. The quantitative estimate of drug-likeness (QED) is 0.565. The van der Waals surface area contributed by atoms with Gasteiger partial charge < -0.3 is 15.0 Å². The Morgan fingerprint density at radius 3 is 2.63 bits per heavy atom. The number of hydrogen-bond donors (Lipinski definition) is 2. The van der Waals surface area contributed by atoms with Crippen LogP contribution in [0, 0.1) is 4.77 Å². The molecule has 30 heavy (non-hydrogen) atoms. The van der Waals surface area contributed by atoms with E-state index in [9.17, 15) is 4.79 Å². The first-order valence-corrected chi connectivity index (χ1v) is 11.3. The molecule has 0 radical (unpaired) electrons. The molecule has 3 heterocycles. The third kappa shape index (κ3) is 4.33. The molecule has 4 rings (SSSR count). The lowest BCUT2D eigenvalue weighted by Crippen LogP contribution is -2.36. The van der Waals surface area contributed by atoms with Gasteiger partial charge in [-0.3, -0.25) is 14.5 Å². The van der Waals surface area contributed by atoms with E-state index in [0.29, 0.717) is 10.6 Å². The number of thiophene rings is 1. The monoisotopic (exact) mass is 443 g/mol. The molecule has 0 spiro atoms. The average Bonchev–Trinajstić information content (AvgIpc) is 3.43. The van der Waals surface area contributed by atoms with Gasteiger partial charge in [0.15, 0.2) is 10.6 Å². The summed E-state index contributed by atoms with van der Waals surface area (Å²) in [7, 11) is 0. The summed E-state index contributed by atoms with van der Waals surface area (Å²) < 4.78 is 7.62. The van der Waals surface area contributed by atoms with E-state index in [1.807, 2.05) is 31.4 Å². The number of aromatic amines is 1. The van der Waals surface area contributed by atoms with E-state index in [4.69, 9.17) is 17.0 Å². The van der Waals surface area contributed by atoms with E-state index in [2.05, 4.69) is 44.7 Å². The van der Waals surface area contributed by atoms with Gasteiger partial charge in [-0.2, -0.15) is 5.10 Å². The number of H-pyrrole nitrogens is 1. The number of carbonyl (C=O) groups is 1. The van der Waals surface area contributed by atoms with Crippen LogP contribution in [-0.4, -0.2) is 47.0 Å². The van der Waals surface area contributed by atoms with E-state index >= 15 is 0 Å². The number of ether oxygens (including phenoxy) is 1. The van der Waals surface area contributed by atoms with Gasteiger partial charge in [0.25, 0.3) is 0 Å². The minimum absolute atomic E-state index is 0.102. The number of aromatic nitrogens is 3. The van der Waals surface area contributed by atoms with E-state index in [0.717, 1.165) is 36.7 Å². The molecule has 2 aromatic heterocycles. The average molecular weight is 444 g/mol. The Morgan fingerprint density at radius 1 is 1.23 bits per heavy atom. The van der Waals surface area contributed by atoms with Crippen LogP contribution in [-0.2, 0) is 9.53 Å². The highest BCUT2D eigenvalue weighted by atomic mass is 32.1. The fourth-order valence-electron chi connectivity index (χ4n) is 3.57. The van der Waals surface area contributed by atoms with Gasteiger partial charge >= 0.3 is 0 Å². The fraction of sp³-hybridized carbons (Fsp3) is 0.381. The zero-order valence-corrected chi connectivity index (χ0v) is 18.6. The number of morpholine rings is 1. The van der Waals surface area contributed by atoms with Gasteiger partial charge in [0.05, 0.1) is 24.1 Å². The first-order chi connectivity index (χ1) is 14.5. The van der Waals surface area contributed by atoms with Crippen LogP contribution in [0.15, 0.2) is 41.8 Å². The van der Waals surface area contributed by atoms with E-state index in [1.165, 1.54) is 5.69 Å². The van der Waals surface area contributed by atoms with Crippen LogP contribution >= 0.6 is 23.6 Å². The summed E-state index contributed by atoms with van der Waals surface area (Å²) in [5.74, 6) is 0.579. The van der Waals surface area contributed by atoms with Gasteiger partial charge in [0.2, 0.25) is 5.91 Å². The molecule has 0 bridgehead atoms. The third-order valence-corrected chi connectivity index (χ3v) is 6.49. The summed E-state index contributed by atoms with van der Waals surface area (Å²) in [5.41, 5.74) is 2.24. The number of anilines is 1. The van der Waals surface area contributed by atoms with Crippen molar-refractivity contribution in [2.45, 2.75) is 25.9 Å². The second kappa shape index (κ2) is 9.11. The van der Waals surface area contributed by atoms with Crippen molar-refractivity contribution in [3.8, 4) is 10.7 Å². The standard InChI is InChI=1S/C21H25N5O2S2/c1-14(16-5-7-17(8-6-16)25-9-11-28-12-10-25)22-20(27)15(2)26-19(23-24-21(26)29)18-4-3-13-30-18/h3-8,13-15H,9-12H2,1-2H3,(H,22,27)(H,24,29). The minimum atomic E-state index is -0.483. The van der Waals surface area contributed by atoms with Crippen molar-refractivity contribution in [2.24, 2.45) is 0 Å². The van der Waals surface area contributed by atoms with Crippen LogP contribution in [0.1, 0.15) is 31.5 Å². The minimum Gasteiger partial charge on any atom is -0.378 e. The molecule has 1 aliphatic heterocycles. The Balaban J connectivity index is 1.45. The Hall–Kier alpha value is -2.49. The lowest BCUT2D eigenvalue weighted by molar-refractivity contribution is -0.124. The van der Waals surface area contributed by atoms with E-state index < -0.39 is 6.04 Å². The van der Waals surface area contributed by atoms with Crippen molar-refractivity contribution in [2.75, 3.05) is 31.2 Å². The van der Waals surface area contributed by atoms with Gasteiger partial charge in [-0.1, -0.05) is 18.2 Å². The molecule has 0 aliphatic carbocycles. The zero-order valence-electron chi connectivity index (χ0n) is 17.0. The first-order valence-electron chi connectivity index (χ1n) is 9.98. The normalized spacial score (nSPS) is 16.3. The molecule has 2 atom stereocenters. The molecule has 1 saturated heterocycles. The second-order valence-electron chi connectivity index (χ2n) is 7.30. The molecule has 1 amide bonds. The highest BCUT2D eigenvalue weighted by Gasteiger charge is 2.23. The van der Waals surface area contributed by atoms with Crippen LogP contribution in [0.2, 0.25) is 0 Å². The first kappa shape index (κ1) is 20.8. The van der Waals surface area contributed by atoms with Crippen LogP contribution in [0.25, 0.3) is 10.7 Å². The van der Waals surface area contributed by atoms with Crippen molar-refractivity contribution < 1.29 is 9.53 Å². The van der Waals surface area contributed by atoms with E-state index in [-0.39, 0.29) is 11.9 Å². The van der Waals surface area contributed by atoms with Gasteiger partial charge in [0.1, 0.15) is 6.04 Å². The van der Waals surface area contributed by atoms with Gasteiger partial charge in [0, 0.05) is 18.8 Å². The number of nitrogens with zero attached hydrogens (tertiary/aromatic N) is 3. The maximum atomic E-state index is 13.0. The number of amides is 1. The molecule has 0 saturated carbocycles. The number of nitrogens with one attached hydrogen (secondary N) is 2. The summed E-state index contributed by atoms with van der Waals surface area (Å²) in [5, 5.41) is 12.2. The number of hydrogen-bond acceptors (Lipinski definition) is 6. The Labute approximate surface area is 184 Å². The molecule has 158 valence electrons. The van der Waals surface area contributed by atoms with Crippen LogP contribution < -0.4 is 10.2 Å². The van der Waals surface area contributed by atoms with Crippen molar-refractivity contribution in [3.63, 3.8) is 0 Å². The smallest absolute Gasteiger partial charge is 0.243 e. The Kier molecular flexibility index (Phi) is 6.31. The largest absolute Gasteiger partial charge is 0.378 e. The predicted octanol–water partition coefficient (Wildman–Crippen LogP) is 3.94. The summed E-state index contributed by atoms with van der Waals surface area (Å²) in [4.78, 5) is 16.3. The van der Waals surface area contributed by atoms with Crippen molar-refractivity contribution in [1.29, 1.82) is 0 Å². The van der Waals surface area contributed by atoms with Gasteiger partial charge in [-0.05, 0) is 55.2 Å². The maximum Gasteiger partial charge on any atom is 0.243 e. The summed E-state index contributed by atoms with van der Waals surface area (Å²) in [6.07, 6.45) is 0. The van der Waals surface area contributed by atoms with Gasteiger partial charge in [-0.25, -0.2) is 0 Å². The topological polar surface area (TPSA) is 75.2 Å². The van der Waals surface area contributed by atoms with Crippen molar-refractivity contribution in [1.82, 2.24) is 20.1 Å². The number of benzene rings is 1. The summed E-state index contributed by atoms with van der Waals surface area (Å²) in [6, 6.07) is 11.7. The molecular formula is C21H25N5O2S2. The van der Waals surface area contributed by atoms with Gasteiger partial charge in [-0.15, -0.1) is 11.3 Å². The van der Waals surface area contributed by atoms with Crippen LogP contribution in [0.4, 0.5) is 5.69 Å². The number of carbonyl (C=O) groups excluding carboxylic acids is 1. The molecule has 2 unspecified atom stereocenters. The molecular weight excluding hydrogens is 418 g/mol. The van der Waals surface area contributed by atoms with Crippen LogP contribution in [0.5, 0.6) is 0 Å². The predicted molar refractivity (Wildman–Crippen MR) is 121 cm³/mol. The Morgan fingerprint density at radius 2 is 1.97 bits per heavy atom. The molecule has 9 heteroatoms. The third-order valence-electron chi connectivity index (χ3n) is 5.34. The lowest BCUT2D eigenvalue weighted by atomic mass is 10.1. The van der Waals surface area contributed by atoms with E-state index in [1.54, 1.807) is 15.9 Å². The lowest BCUT2D eigenvalue weighted by Gasteiger charge is -2.29. The van der Waals surface area contributed by atoms with Crippen LogP contribution in [0.3, 0.4) is 0 Å². The SMILES string of the molecule is CC(NC(=O)C(C)n1c(-c2cccs2)n[nH]c1=S)c1ccc(N2CCOCC2)cc1. The molecule has 1 fully saturated rings. The Bertz CT molecular complexity index is 1040. The summed E-state index contributed by atoms with van der Waals surface area (Å²) >= 11 is 6.94. The molecule has 7 nitrogen and oxygen atoms in total. The molecule has 2 N–H and O–H groups in total. The number of rotatable bonds is 6. The highest BCUT2D eigenvalue weighted by Crippen LogP contribution is 2.26. The van der Waals surface area contributed by atoms with Crippen molar-refractivity contribution in [3.05, 3.63) is 52.1 Å². The maximum absolute atomic E-state index is 13.0. The zero-order chi connectivity index (χ0) is 21.1. The van der Waals surface area contributed by atoms with Crippen molar-refractivity contribution >= 4 is 35.1 Å². The summed E-state index contributed by atoms with van der Waals surface area (Å²) in [6.45, 7) is 7.16.